The van der Waals surface area contributed by atoms with Gasteiger partial charge in [0, 0.05) is 24.4 Å². The van der Waals surface area contributed by atoms with Crippen LogP contribution in [-0.2, 0) is 7.05 Å². The van der Waals surface area contributed by atoms with Crippen LogP contribution in [0.4, 0.5) is 4.39 Å². The fourth-order valence-corrected chi connectivity index (χ4v) is 1.74. The summed E-state index contributed by atoms with van der Waals surface area (Å²) >= 11 is 0. The van der Waals surface area contributed by atoms with Crippen molar-refractivity contribution in [3.63, 3.8) is 0 Å². The summed E-state index contributed by atoms with van der Waals surface area (Å²) in [7, 11) is 1.81. The number of aromatic nitrogens is 2. The molecule has 82 valence electrons. The van der Waals surface area contributed by atoms with E-state index in [0.717, 1.165) is 11.3 Å². The molecule has 0 amide bonds. The maximum Gasteiger partial charge on any atom is 0.150 e. The van der Waals surface area contributed by atoms with E-state index in [4.69, 9.17) is 0 Å². The van der Waals surface area contributed by atoms with Crippen LogP contribution in [0.1, 0.15) is 16.1 Å². The van der Waals surface area contributed by atoms with Crippen LogP contribution in [0.3, 0.4) is 0 Å². The second kappa shape index (κ2) is 3.89. The van der Waals surface area contributed by atoms with E-state index in [1.54, 1.807) is 17.8 Å². The number of rotatable bonds is 2. The molecule has 0 fully saturated rings. The molecule has 1 heterocycles. The maximum absolute atomic E-state index is 13.0. The molecular weight excluding hydrogens is 207 g/mol. The molecule has 0 bridgehead atoms. The van der Waals surface area contributed by atoms with Crippen LogP contribution in [0.2, 0.25) is 0 Å². The molecular formula is C12H11FN2O. The summed E-state index contributed by atoms with van der Waals surface area (Å²) in [6.45, 7) is 1.85. The first-order valence-corrected chi connectivity index (χ1v) is 4.87. The quantitative estimate of drug-likeness (QED) is 0.725. The number of aldehydes is 1. The summed E-state index contributed by atoms with van der Waals surface area (Å²) in [5.74, 6) is -0.410. The summed E-state index contributed by atoms with van der Waals surface area (Å²) in [6.07, 6.45) is 2.47. The van der Waals surface area contributed by atoms with Gasteiger partial charge in [-0.1, -0.05) is 6.07 Å². The van der Waals surface area contributed by atoms with Gasteiger partial charge >= 0.3 is 0 Å². The van der Waals surface area contributed by atoms with E-state index in [1.165, 1.54) is 12.1 Å². The van der Waals surface area contributed by atoms with Crippen molar-refractivity contribution in [1.29, 1.82) is 0 Å². The Hall–Kier alpha value is -1.97. The molecule has 0 atom stereocenters. The average molecular weight is 218 g/mol. The molecule has 0 aliphatic heterocycles. The molecule has 1 aromatic carbocycles. The number of benzene rings is 1. The smallest absolute Gasteiger partial charge is 0.150 e. The van der Waals surface area contributed by atoms with Crippen molar-refractivity contribution in [2.24, 2.45) is 7.05 Å². The van der Waals surface area contributed by atoms with E-state index in [9.17, 15) is 9.18 Å². The zero-order valence-corrected chi connectivity index (χ0v) is 9.07. The van der Waals surface area contributed by atoms with Gasteiger partial charge in [0.25, 0.3) is 0 Å². The van der Waals surface area contributed by atoms with Gasteiger partial charge in [0.15, 0.2) is 6.29 Å². The Morgan fingerprint density at radius 1 is 1.38 bits per heavy atom. The predicted octanol–water partition coefficient (Wildman–Crippen LogP) is 2.35. The van der Waals surface area contributed by atoms with Crippen LogP contribution in [0.5, 0.6) is 0 Å². The van der Waals surface area contributed by atoms with Crippen LogP contribution < -0.4 is 0 Å². The molecule has 0 saturated heterocycles. The Labute approximate surface area is 92.5 Å². The molecule has 4 heteroatoms. The van der Waals surface area contributed by atoms with Gasteiger partial charge in [0.1, 0.15) is 5.82 Å². The van der Waals surface area contributed by atoms with Gasteiger partial charge in [0.2, 0.25) is 0 Å². The normalized spacial score (nSPS) is 10.4. The predicted molar refractivity (Wildman–Crippen MR) is 58.7 cm³/mol. The number of halogens is 1. The lowest BCUT2D eigenvalue weighted by molar-refractivity contribution is 0.112. The van der Waals surface area contributed by atoms with E-state index in [-0.39, 0.29) is 0 Å². The first-order valence-electron chi connectivity index (χ1n) is 4.87. The Morgan fingerprint density at radius 3 is 2.69 bits per heavy atom. The van der Waals surface area contributed by atoms with Gasteiger partial charge in [-0.2, -0.15) is 5.10 Å². The molecule has 0 saturated carbocycles. The summed E-state index contributed by atoms with van der Waals surface area (Å²) in [6, 6.07) is 4.17. The third kappa shape index (κ3) is 1.74. The lowest BCUT2D eigenvalue weighted by atomic mass is 10.0. The first kappa shape index (κ1) is 10.5. The number of hydrogen-bond donors (Lipinski definition) is 0. The fourth-order valence-electron chi connectivity index (χ4n) is 1.74. The van der Waals surface area contributed by atoms with Crippen molar-refractivity contribution in [3.8, 4) is 11.1 Å². The minimum atomic E-state index is -0.410. The van der Waals surface area contributed by atoms with E-state index in [2.05, 4.69) is 5.10 Å². The van der Waals surface area contributed by atoms with Gasteiger partial charge in [-0.05, 0) is 24.6 Å². The third-order valence-electron chi connectivity index (χ3n) is 2.44. The highest BCUT2D eigenvalue weighted by Crippen LogP contribution is 2.25. The lowest BCUT2D eigenvalue weighted by Crippen LogP contribution is -1.89. The van der Waals surface area contributed by atoms with Crippen molar-refractivity contribution < 1.29 is 9.18 Å². The largest absolute Gasteiger partial charge is 0.298 e. The zero-order valence-electron chi connectivity index (χ0n) is 9.07. The third-order valence-corrected chi connectivity index (χ3v) is 2.44. The summed E-state index contributed by atoms with van der Waals surface area (Å²) < 4.78 is 14.6. The van der Waals surface area contributed by atoms with Gasteiger partial charge in [0.05, 0.1) is 5.69 Å². The van der Waals surface area contributed by atoms with Gasteiger partial charge in [-0.3, -0.25) is 9.48 Å². The minimum absolute atomic E-state index is 0.344. The highest BCUT2D eigenvalue weighted by Gasteiger charge is 2.10. The maximum atomic E-state index is 13.0. The second-order valence-electron chi connectivity index (χ2n) is 3.65. The van der Waals surface area contributed by atoms with E-state index in [0.29, 0.717) is 17.4 Å². The molecule has 0 aliphatic carbocycles. The molecule has 1 aromatic heterocycles. The Bertz CT molecular complexity index is 546. The fraction of sp³-hybridized carbons (Fsp3) is 0.167. The first-order chi connectivity index (χ1) is 7.61. The van der Waals surface area contributed by atoms with Crippen LogP contribution in [-0.4, -0.2) is 16.1 Å². The number of hydrogen-bond acceptors (Lipinski definition) is 2. The number of carbonyl (C=O) groups is 1. The molecule has 0 spiro atoms. The molecule has 2 rings (SSSR count). The standard InChI is InChI=1S/C12H11FN2O/c1-8-12(6-15(2)14-8)11-4-3-10(13)5-9(11)7-16/h3-7H,1-2H3. The van der Waals surface area contributed by atoms with Crippen LogP contribution in [0.25, 0.3) is 11.1 Å². The van der Waals surface area contributed by atoms with Crippen LogP contribution >= 0.6 is 0 Å². The van der Waals surface area contributed by atoms with Crippen molar-refractivity contribution in [3.05, 3.63) is 41.5 Å². The lowest BCUT2D eigenvalue weighted by Gasteiger charge is -2.02. The Kier molecular flexibility index (Phi) is 2.56. The van der Waals surface area contributed by atoms with E-state index in [1.807, 2.05) is 13.1 Å². The Morgan fingerprint density at radius 2 is 2.12 bits per heavy atom. The molecule has 0 aliphatic rings. The van der Waals surface area contributed by atoms with Gasteiger partial charge < -0.3 is 0 Å². The highest BCUT2D eigenvalue weighted by atomic mass is 19.1. The van der Waals surface area contributed by atoms with Crippen molar-refractivity contribution in [2.75, 3.05) is 0 Å². The van der Waals surface area contributed by atoms with E-state index >= 15 is 0 Å². The van der Waals surface area contributed by atoms with Crippen molar-refractivity contribution in [2.45, 2.75) is 6.92 Å². The topological polar surface area (TPSA) is 34.9 Å². The number of nitrogens with zero attached hydrogens (tertiary/aromatic N) is 2. The highest BCUT2D eigenvalue weighted by molar-refractivity contribution is 5.87. The molecule has 3 nitrogen and oxygen atoms in total. The monoisotopic (exact) mass is 218 g/mol. The van der Waals surface area contributed by atoms with E-state index < -0.39 is 5.82 Å². The number of aryl methyl sites for hydroxylation is 2. The average Bonchev–Trinajstić information content (AvgIpc) is 2.57. The SMILES string of the molecule is Cc1nn(C)cc1-c1ccc(F)cc1C=O. The molecule has 2 aromatic rings. The summed E-state index contributed by atoms with van der Waals surface area (Å²) in [5, 5.41) is 4.19. The van der Waals surface area contributed by atoms with Crippen LogP contribution in [0, 0.1) is 12.7 Å². The van der Waals surface area contributed by atoms with Gasteiger partial charge in [-0.15, -0.1) is 0 Å². The Balaban J connectivity index is 2.63. The summed E-state index contributed by atoms with van der Waals surface area (Å²) in [5.41, 5.74) is 2.72. The van der Waals surface area contributed by atoms with Gasteiger partial charge in [-0.25, -0.2) is 4.39 Å². The second-order valence-corrected chi connectivity index (χ2v) is 3.65. The molecule has 0 unspecified atom stereocenters. The molecule has 0 N–H and O–H groups in total. The molecule has 0 radical (unpaired) electrons. The van der Waals surface area contributed by atoms with Crippen molar-refractivity contribution >= 4 is 6.29 Å². The minimum Gasteiger partial charge on any atom is -0.298 e. The van der Waals surface area contributed by atoms with Crippen LogP contribution in [0.15, 0.2) is 24.4 Å². The van der Waals surface area contributed by atoms with Crippen molar-refractivity contribution in [1.82, 2.24) is 9.78 Å². The zero-order chi connectivity index (χ0) is 11.7. The number of carbonyl (C=O) groups excluding carboxylic acids is 1. The molecule has 16 heavy (non-hydrogen) atoms. The summed E-state index contributed by atoms with van der Waals surface area (Å²) in [4.78, 5) is 10.9.